The summed E-state index contributed by atoms with van der Waals surface area (Å²) in [5.74, 6) is 2.77. The van der Waals surface area contributed by atoms with Gasteiger partial charge in [-0.1, -0.05) is 29.3 Å². The van der Waals surface area contributed by atoms with Crippen LogP contribution in [0.15, 0.2) is 42.5 Å². The van der Waals surface area contributed by atoms with Gasteiger partial charge in [-0.3, -0.25) is 4.79 Å². The Bertz CT molecular complexity index is 725. The molecular formula is C19H21Cl2NO3S. The monoisotopic (exact) mass is 413 g/mol. The summed E-state index contributed by atoms with van der Waals surface area (Å²) in [4.78, 5) is 12.1. The second-order valence-corrected chi connectivity index (χ2v) is 7.46. The highest BCUT2D eigenvalue weighted by Crippen LogP contribution is 2.24. The van der Waals surface area contributed by atoms with Crippen LogP contribution in [0.4, 0.5) is 0 Å². The molecule has 0 unspecified atom stereocenters. The summed E-state index contributed by atoms with van der Waals surface area (Å²) in [6.45, 7) is 2.28. The number of carbonyl (C=O) groups is 1. The van der Waals surface area contributed by atoms with Crippen molar-refractivity contribution in [2.75, 3.05) is 19.4 Å². The predicted molar refractivity (Wildman–Crippen MR) is 109 cm³/mol. The molecule has 0 aliphatic rings. The number of nitrogens with one attached hydrogen (secondary N) is 1. The van der Waals surface area contributed by atoms with Crippen LogP contribution in [0.25, 0.3) is 0 Å². The molecule has 1 amide bonds. The molecule has 0 spiro atoms. The van der Waals surface area contributed by atoms with Crippen molar-refractivity contribution in [1.82, 2.24) is 5.32 Å². The van der Waals surface area contributed by atoms with Gasteiger partial charge < -0.3 is 14.8 Å². The molecule has 2 aromatic carbocycles. The topological polar surface area (TPSA) is 47.6 Å². The minimum absolute atomic E-state index is 0.147. The van der Waals surface area contributed by atoms with Gasteiger partial charge in [-0.2, -0.15) is 11.8 Å². The van der Waals surface area contributed by atoms with Gasteiger partial charge >= 0.3 is 0 Å². The first-order chi connectivity index (χ1) is 12.5. The number of rotatable bonds is 9. The van der Waals surface area contributed by atoms with Gasteiger partial charge in [-0.25, -0.2) is 0 Å². The molecule has 26 heavy (non-hydrogen) atoms. The van der Waals surface area contributed by atoms with Crippen molar-refractivity contribution in [3.63, 3.8) is 0 Å². The Labute approximate surface area is 168 Å². The molecule has 0 aliphatic heterocycles. The molecule has 0 aromatic heterocycles. The molecule has 2 rings (SSSR count). The molecule has 7 heteroatoms. The Morgan fingerprint density at radius 3 is 2.50 bits per heavy atom. The fourth-order valence-corrected chi connectivity index (χ4v) is 3.54. The molecule has 0 radical (unpaired) electrons. The maximum absolute atomic E-state index is 12.1. The van der Waals surface area contributed by atoms with Crippen LogP contribution in [0.3, 0.4) is 0 Å². The Kier molecular flexibility index (Phi) is 8.42. The minimum atomic E-state index is -0.570. The Morgan fingerprint density at radius 2 is 1.85 bits per heavy atom. The lowest BCUT2D eigenvalue weighted by atomic mass is 10.2. The molecule has 0 saturated heterocycles. The number of hydrogen-bond donors (Lipinski definition) is 1. The average Bonchev–Trinajstić information content (AvgIpc) is 2.63. The zero-order valence-electron chi connectivity index (χ0n) is 14.6. The van der Waals surface area contributed by atoms with E-state index in [1.54, 1.807) is 56.1 Å². The van der Waals surface area contributed by atoms with Gasteiger partial charge in [0.15, 0.2) is 6.10 Å². The first kappa shape index (κ1) is 20.7. The second-order valence-electron chi connectivity index (χ2n) is 5.51. The molecule has 1 atom stereocenters. The lowest BCUT2D eigenvalue weighted by Crippen LogP contribution is -2.37. The number of amides is 1. The highest BCUT2D eigenvalue weighted by molar-refractivity contribution is 7.98. The SMILES string of the molecule is COc1ccc(O[C@@H](C)C(=O)NCCSCc2ccc(Cl)cc2Cl)cc1. The summed E-state index contributed by atoms with van der Waals surface area (Å²) in [5, 5.41) is 4.16. The Hall–Kier alpha value is -1.56. The standard InChI is InChI=1S/C19H21Cl2NO3S/c1-13(25-17-7-5-16(24-2)6-8-17)19(23)22-9-10-26-12-14-3-4-15(20)11-18(14)21/h3-8,11,13H,9-10,12H2,1-2H3,(H,22,23)/t13-/m0/s1. The molecule has 1 N–H and O–H groups in total. The number of thioether (sulfide) groups is 1. The van der Waals surface area contributed by atoms with Crippen molar-refractivity contribution >= 4 is 40.9 Å². The minimum Gasteiger partial charge on any atom is -0.497 e. The number of methoxy groups -OCH3 is 1. The van der Waals surface area contributed by atoms with Crippen LogP contribution < -0.4 is 14.8 Å². The van der Waals surface area contributed by atoms with E-state index in [1.165, 1.54) is 0 Å². The molecule has 2 aromatic rings. The third-order valence-corrected chi connectivity index (χ3v) is 5.15. The van der Waals surface area contributed by atoms with Crippen LogP contribution in [-0.4, -0.2) is 31.4 Å². The number of halogens is 2. The smallest absolute Gasteiger partial charge is 0.260 e. The van der Waals surface area contributed by atoms with E-state index < -0.39 is 6.10 Å². The van der Waals surface area contributed by atoms with E-state index in [0.717, 1.165) is 22.8 Å². The molecule has 0 aliphatic carbocycles. The van der Waals surface area contributed by atoms with Crippen LogP contribution in [-0.2, 0) is 10.5 Å². The highest BCUT2D eigenvalue weighted by Gasteiger charge is 2.14. The normalized spacial score (nSPS) is 11.7. The van der Waals surface area contributed by atoms with E-state index in [1.807, 2.05) is 12.1 Å². The molecule has 0 saturated carbocycles. The molecule has 0 fully saturated rings. The first-order valence-corrected chi connectivity index (χ1v) is 10.0. The fraction of sp³-hybridized carbons (Fsp3) is 0.316. The summed E-state index contributed by atoms with van der Waals surface area (Å²) in [6, 6.07) is 12.6. The third kappa shape index (κ3) is 6.63. The van der Waals surface area contributed by atoms with Crippen molar-refractivity contribution in [2.24, 2.45) is 0 Å². The Morgan fingerprint density at radius 1 is 1.15 bits per heavy atom. The van der Waals surface area contributed by atoms with Crippen molar-refractivity contribution in [2.45, 2.75) is 18.8 Å². The Balaban J connectivity index is 1.67. The quantitative estimate of drug-likeness (QED) is 0.598. The average molecular weight is 414 g/mol. The molecule has 4 nitrogen and oxygen atoms in total. The first-order valence-electron chi connectivity index (χ1n) is 8.09. The predicted octanol–water partition coefficient (Wildman–Crippen LogP) is 4.82. The largest absolute Gasteiger partial charge is 0.497 e. The summed E-state index contributed by atoms with van der Waals surface area (Å²) >= 11 is 13.7. The van der Waals surface area contributed by atoms with E-state index in [0.29, 0.717) is 22.3 Å². The molecule has 0 bridgehead atoms. The number of hydrogen-bond acceptors (Lipinski definition) is 4. The molecule has 0 heterocycles. The van der Waals surface area contributed by atoms with Crippen LogP contribution in [0.5, 0.6) is 11.5 Å². The summed E-state index contributed by atoms with van der Waals surface area (Å²) in [7, 11) is 1.60. The number of carbonyl (C=O) groups excluding carboxylic acids is 1. The van der Waals surface area contributed by atoms with Crippen LogP contribution in [0, 0.1) is 0 Å². The van der Waals surface area contributed by atoms with Crippen LogP contribution >= 0.6 is 35.0 Å². The molecule has 140 valence electrons. The van der Waals surface area contributed by atoms with Gasteiger partial charge in [0.2, 0.25) is 0 Å². The van der Waals surface area contributed by atoms with Gasteiger partial charge in [0.25, 0.3) is 5.91 Å². The van der Waals surface area contributed by atoms with Gasteiger partial charge in [0, 0.05) is 28.1 Å². The molecular weight excluding hydrogens is 393 g/mol. The van der Waals surface area contributed by atoms with E-state index in [4.69, 9.17) is 32.7 Å². The van der Waals surface area contributed by atoms with Crippen molar-refractivity contribution in [3.8, 4) is 11.5 Å². The zero-order valence-corrected chi connectivity index (χ0v) is 17.0. The summed E-state index contributed by atoms with van der Waals surface area (Å²) in [5.41, 5.74) is 1.03. The van der Waals surface area contributed by atoms with Gasteiger partial charge in [0.05, 0.1) is 7.11 Å². The third-order valence-electron chi connectivity index (χ3n) is 3.56. The summed E-state index contributed by atoms with van der Waals surface area (Å²) in [6.07, 6.45) is -0.570. The number of ether oxygens (including phenoxy) is 2. The van der Waals surface area contributed by atoms with E-state index >= 15 is 0 Å². The highest BCUT2D eigenvalue weighted by atomic mass is 35.5. The number of benzene rings is 2. The van der Waals surface area contributed by atoms with Gasteiger partial charge in [0.1, 0.15) is 11.5 Å². The lowest BCUT2D eigenvalue weighted by Gasteiger charge is -2.15. The van der Waals surface area contributed by atoms with Crippen LogP contribution in [0.2, 0.25) is 10.0 Å². The maximum Gasteiger partial charge on any atom is 0.260 e. The summed E-state index contributed by atoms with van der Waals surface area (Å²) < 4.78 is 10.7. The van der Waals surface area contributed by atoms with Crippen molar-refractivity contribution < 1.29 is 14.3 Å². The van der Waals surface area contributed by atoms with E-state index in [9.17, 15) is 4.79 Å². The van der Waals surface area contributed by atoms with Gasteiger partial charge in [-0.05, 0) is 48.9 Å². The van der Waals surface area contributed by atoms with E-state index in [-0.39, 0.29) is 5.91 Å². The zero-order chi connectivity index (χ0) is 18.9. The lowest BCUT2D eigenvalue weighted by molar-refractivity contribution is -0.127. The van der Waals surface area contributed by atoms with Crippen molar-refractivity contribution in [1.29, 1.82) is 0 Å². The second kappa shape index (κ2) is 10.6. The van der Waals surface area contributed by atoms with E-state index in [2.05, 4.69) is 5.32 Å². The van der Waals surface area contributed by atoms with Crippen molar-refractivity contribution in [3.05, 3.63) is 58.1 Å². The van der Waals surface area contributed by atoms with Crippen LogP contribution in [0.1, 0.15) is 12.5 Å². The maximum atomic E-state index is 12.1. The van der Waals surface area contributed by atoms with Gasteiger partial charge in [-0.15, -0.1) is 0 Å². The fourth-order valence-electron chi connectivity index (χ4n) is 2.12.